The lowest BCUT2D eigenvalue weighted by Gasteiger charge is -2.15. The van der Waals surface area contributed by atoms with Crippen LogP contribution in [0.4, 0.5) is 5.69 Å². The number of carbonyl (C=O) groups excluding carboxylic acids is 1. The molecule has 1 amide bonds. The number of aromatic nitrogens is 1. The van der Waals surface area contributed by atoms with Gasteiger partial charge in [0, 0.05) is 26.2 Å². The van der Waals surface area contributed by atoms with Gasteiger partial charge in [-0.25, -0.2) is 0 Å². The van der Waals surface area contributed by atoms with E-state index in [0.29, 0.717) is 6.54 Å². The average molecular weight is 281 g/mol. The van der Waals surface area contributed by atoms with Gasteiger partial charge in [-0.05, 0) is 5.92 Å². The lowest BCUT2D eigenvalue weighted by atomic mass is 9.99. The maximum absolute atomic E-state index is 12.3. The Morgan fingerprint density at radius 1 is 1.45 bits per heavy atom. The van der Waals surface area contributed by atoms with Gasteiger partial charge in [0.15, 0.2) is 0 Å². The summed E-state index contributed by atoms with van der Waals surface area (Å²) in [5.74, 6) is -2.03. The van der Waals surface area contributed by atoms with Crippen LogP contribution in [-0.2, 0) is 11.8 Å². The van der Waals surface area contributed by atoms with Gasteiger partial charge in [-0.15, -0.1) is 0 Å². The molecule has 0 bridgehead atoms. The van der Waals surface area contributed by atoms with Gasteiger partial charge in [-0.2, -0.15) is 0 Å². The molecule has 2 heterocycles. The second kappa shape index (κ2) is 4.95. The minimum Gasteiger partial charge on any atom is -0.481 e. The van der Waals surface area contributed by atoms with Crippen molar-refractivity contribution in [3.05, 3.63) is 28.1 Å². The zero-order valence-corrected chi connectivity index (χ0v) is 11.1. The molecule has 0 aromatic carbocycles. The number of nitrogens with zero attached hydrogens (tertiary/aromatic N) is 3. The zero-order chi connectivity index (χ0) is 15.0. The van der Waals surface area contributed by atoms with E-state index >= 15 is 0 Å². The van der Waals surface area contributed by atoms with Crippen molar-refractivity contribution >= 4 is 17.6 Å². The first-order valence-electron chi connectivity index (χ1n) is 6.14. The fraction of sp³-hybridized carbons (Fsp3) is 0.500. The van der Waals surface area contributed by atoms with Crippen molar-refractivity contribution in [1.82, 2.24) is 9.47 Å². The second-order valence-corrected chi connectivity index (χ2v) is 5.08. The summed E-state index contributed by atoms with van der Waals surface area (Å²) in [4.78, 5) is 34.9. The number of hydrogen-bond donors (Lipinski definition) is 1. The molecule has 0 aliphatic carbocycles. The number of nitro groups is 1. The van der Waals surface area contributed by atoms with Crippen molar-refractivity contribution in [3.63, 3.8) is 0 Å². The Balaban J connectivity index is 2.21. The molecular formula is C12H15N3O5. The summed E-state index contributed by atoms with van der Waals surface area (Å²) in [5, 5.41) is 19.7. The average Bonchev–Trinajstić information content (AvgIpc) is 2.92. The third-order valence-electron chi connectivity index (χ3n) is 3.64. The second-order valence-electron chi connectivity index (χ2n) is 5.08. The Bertz CT molecular complexity index is 580. The van der Waals surface area contributed by atoms with Crippen LogP contribution in [0.1, 0.15) is 17.4 Å². The number of carboxylic acid groups (broad SMARTS) is 1. The minimum absolute atomic E-state index is 0.133. The Hall–Kier alpha value is -2.38. The lowest BCUT2D eigenvalue weighted by molar-refractivity contribution is -0.384. The van der Waals surface area contributed by atoms with Gasteiger partial charge < -0.3 is 14.6 Å². The summed E-state index contributed by atoms with van der Waals surface area (Å²) in [6.07, 6.45) is 1.27. The summed E-state index contributed by atoms with van der Waals surface area (Å²) in [7, 11) is 1.55. The van der Waals surface area contributed by atoms with Gasteiger partial charge in [-0.1, -0.05) is 6.92 Å². The largest absolute Gasteiger partial charge is 0.481 e. The van der Waals surface area contributed by atoms with Crippen molar-refractivity contribution < 1.29 is 19.6 Å². The predicted octanol–water partition coefficient (Wildman–Crippen LogP) is 0.726. The third kappa shape index (κ3) is 2.36. The van der Waals surface area contributed by atoms with E-state index in [1.165, 1.54) is 21.7 Å². The van der Waals surface area contributed by atoms with E-state index in [4.69, 9.17) is 5.11 Å². The van der Waals surface area contributed by atoms with Gasteiger partial charge in [0.25, 0.3) is 11.6 Å². The number of rotatable bonds is 3. The molecule has 0 spiro atoms. The van der Waals surface area contributed by atoms with Crippen molar-refractivity contribution in [3.8, 4) is 0 Å². The molecule has 2 unspecified atom stereocenters. The summed E-state index contributed by atoms with van der Waals surface area (Å²) in [6, 6.07) is 1.21. The van der Waals surface area contributed by atoms with E-state index in [2.05, 4.69) is 0 Å². The maximum atomic E-state index is 12.3. The Labute approximate surface area is 114 Å². The van der Waals surface area contributed by atoms with E-state index in [9.17, 15) is 19.7 Å². The van der Waals surface area contributed by atoms with Crippen LogP contribution in [0.5, 0.6) is 0 Å². The van der Waals surface area contributed by atoms with Gasteiger partial charge >= 0.3 is 5.97 Å². The minimum atomic E-state index is -0.925. The highest BCUT2D eigenvalue weighted by atomic mass is 16.6. The molecule has 1 aromatic rings. The van der Waals surface area contributed by atoms with Gasteiger partial charge in [0.05, 0.1) is 17.0 Å². The molecule has 1 fully saturated rings. The quantitative estimate of drug-likeness (QED) is 0.649. The molecule has 1 saturated heterocycles. The first-order valence-corrected chi connectivity index (χ1v) is 6.14. The highest BCUT2D eigenvalue weighted by Gasteiger charge is 2.38. The molecule has 1 aliphatic heterocycles. The first-order chi connectivity index (χ1) is 9.31. The summed E-state index contributed by atoms with van der Waals surface area (Å²) in [6.45, 7) is 2.25. The molecule has 20 heavy (non-hydrogen) atoms. The SMILES string of the molecule is CC1CN(C(=O)c2cc([N+](=O)[O-])cn2C)CC1C(=O)O. The number of likely N-dealkylation sites (tertiary alicyclic amines) is 1. The molecule has 2 rings (SSSR count). The van der Waals surface area contributed by atoms with Crippen molar-refractivity contribution in [2.75, 3.05) is 13.1 Å². The fourth-order valence-electron chi connectivity index (χ4n) is 2.48. The number of carboxylic acids is 1. The number of hydrogen-bond acceptors (Lipinski definition) is 4. The number of aliphatic carboxylic acids is 1. The topological polar surface area (TPSA) is 106 Å². The van der Waals surface area contributed by atoms with E-state index < -0.39 is 16.8 Å². The summed E-state index contributed by atoms with van der Waals surface area (Å²) >= 11 is 0. The van der Waals surface area contributed by atoms with Crippen molar-refractivity contribution in [2.45, 2.75) is 6.92 Å². The molecule has 2 atom stereocenters. The van der Waals surface area contributed by atoms with Crippen LogP contribution in [0.25, 0.3) is 0 Å². The van der Waals surface area contributed by atoms with Crippen LogP contribution < -0.4 is 0 Å². The van der Waals surface area contributed by atoms with Crippen molar-refractivity contribution in [2.24, 2.45) is 18.9 Å². The van der Waals surface area contributed by atoms with Crippen LogP contribution in [0.2, 0.25) is 0 Å². The smallest absolute Gasteiger partial charge is 0.308 e. The molecule has 1 N–H and O–H groups in total. The molecule has 1 aromatic heterocycles. The van der Waals surface area contributed by atoms with Gasteiger partial charge in [0.1, 0.15) is 5.69 Å². The third-order valence-corrected chi connectivity index (χ3v) is 3.64. The molecule has 8 heteroatoms. The van der Waals surface area contributed by atoms with Crippen LogP contribution in [0.15, 0.2) is 12.3 Å². The highest BCUT2D eigenvalue weighted by Crippen LogP contribution is 2.26. The summed E-state index contributed by atoms with van der Waals surface area (Å²) < 4.78 is 1.39. The first kappa shape index (κ1) is 14.0. The van der Waals surface area contributed by atoms with Gasteiger partial charge in [-0.3, -0.25) is 19.7 Å². The number of amides is 1. The van der Waals surface area contributed by atoms with Crippen LogP contribution in [0, 0.1) is 22.0 Å². The predicted molar refractivity (Wildman–Crippen MR) is 68.3 cm³/mol. The molecular weight excluding hydrogens is 266 g/mol. The molecule has 0 radical (unpaired) electrons. The molecule has 1 aliphatic rings. The molecule has 0 saturated carbocycles. The van der Waals surface area contributed by atoms with Crippen LogP contribution in [-0.4, -0.2) is 44.5 Å². The lowest BCUT2D eigenvalue weighted by Crippen LogP contribution is -2.31. The normalized spacial score (nSPS) is 22.0. The molecule has 8 nitrogen and oxygen atoms in total. The summed E-state index contributed by atoms with van der Waals surface area (Å²) in [5.41, 5.74) is 0.0350. The van der Waals surface area contributed by atoms with Crippen molar-refractivity contribution in [1.29, 1.82) is 0 Å². The Morgan fingerprint density at radius 3 is 2.55 bits per heavy atom. The standard InChI is InChI=1S/C12H15N3O5/c1-7-4-14(6-9(7)12(17)18)11(16)10-3-8(15(19)20)5-13(10)2/h3,5,7,9H,4,6H2,1-2H3,(H,17,18). The maximum Gasteiger partial charge on any atom is 0.308 e. The van der Waals surface area contributed by atoms with E-state index in [1.807, 2.05) is 0 Å². The fourth-order valence-corrected chi connectivity index (χ4v) is 2.48. The number of aryl methyl sites for hydroxylation is 1. The highest BCUT2D eigenvalue weighted by molar-refractivity contribution is 5.94. The monoisotopic (exact) mass is 281 g/mol. The van der Waals surface area contributed by atoms with E-state index in [0.717, 1.165) is 0 Å². The Kier molecular flexibility index (Phi) is 3.47. The number of carbonyl (C=O) groups is 2. The van der Waals surface area contributed by atoms with E-state index in [-0.39, 0.29) is 29.8 Å². The Morgan fingerprint density at radius 2 is 2.10 bits per heavy atom. The van der Waals surface area contributed by atoms with Crippen LogP contribution >= 0.6 is 0 Å². The molecule has 108 valence electrons. The van der Waals surface area contributed by atoms with E-state index in [1.54, 1.807) is 14.0 Å². The van der Waals surface area contributed by atoms with Crippen LogP contribution in [0.3, 0.4) is 0 Å². The zero-order valence-electron chi connectivity index (χ0n) is 11.1. The van der Waals surface area contributed by atoms with Gasteiger partial charge in [0.2, 0.25) is 0 Å².